The Kier molecular flexibility index (Phi) is 6.91. The third-order valence-electron chi connectivity index (χ3n) is 5.89. The molecule has 5 rings (SSSR count). The summed E-state index contributed by atoms with van der Waals surface area (Å²) in [5.74, 6) is -0.0458. The maximum atomic E-state index is 13.1. The lowest BCUT2D eigenvalue weighted by Crippen LogP contribution is -2.32. The minimum Gasteiger partial charge on any atom is -0.285 e. The molecule has 0 spiro atoms. The van der Waals surface area contributed by atoms with Crippen molar-refractivity contribution in [2.45, 2.75) is 11.7 Å². The van der Waals surface area contributed by atoms with E-state index in [0.29, 0.717) is 28.2 Å². The molecular weight excluding hydrogens is 497 g/mol. The number of hydrogen-bond donors (Lipinski definition) is 0. The lowest BCUT2D eigenvalue weighted by molar-refractivity contribution is -0.125. The summed E-state index contributed by atoms with van der Waals surface area (Å²) in [5.41, 5.74) is 1.82. The first-order valence-corrected chi connectivity index (χ1v) is 12.7. The molecule has 4 aromatic rings. The molecule has 0 bridgehead atoms. The van der Waals surface area contributed by atoms with Gasteiger partial charge in [-0.05, 0) is 57.8 Å². The zero-order valence-corrected chi connectivity index (χ0v) is 21.0. The Bertz CT molecular complexity index is 1460. The number of benzene rings is 4. The Hall–Kier alpha value is -3.12. The first-order chi connectivity index (χ1) is 17.0. The summed E-state index contributed by atoms with van der Waals surface area (Å²) < 4.78 is 0. The largest absolute Gasteiger partial charge is 0.285 e. The molecule has 35 heavy (non-hydrogen) atoms. The topological polar surface area (TPSA) is 45.0 Å². The number of amides is 1. The van der Waals surface area contributed by atoms with Crippen LogP contribution in [-0.4, -0.2) is 34.0 Å². The van der Waals surface area contributed by atoms with Crippen LogP contribution in [0.2, 0.25) is 10.0 Å². The maximum absolute atomic E-state index is 13.1. The number of carbonyl (C=O) groups excluding carboxylic acids is 1. The summed E-state index contributed by atoms with van der Waals surface area (Å²) in [6.07, 6.45) is 3.91. The monoisotopic (exact) mass is 517 g/mol. The third kappa shape index (κ3) is 4.85. The Morgan fingerprint density at radius 1 is 0.971 bits per heavy atom. The van der Waals surface area contributed by atoms with Crippen LogP contribution in [0, 0.1) is 0 Å². The molecule has 174 valence electrons. The average Bonchev–Trinajstić information content (AvgIpc) is 3.15. The predicted octanol–water partition coefficient (Wildman–Crippen LogP) is 7.36. The summed E-state index contributed by atoms with van der Waals surface area (Å²) >= 11 is 13.9. The van der Waals surface area contributed by atoms with Gasteiger partial charge in [0.05, 0.1) is 11.5 Å². The fraction of sp³-hybridized carbons (Fsp3) is 0.107. The van der Waals surface area contributed by atoms with Crippen molar-refractivity contribution in [2.24, 2.45) is 10.2 Å². The first-order valence-electron chi connectivity index (χ1n) is 11.1. The molecular formula is C28H21Cl2N3OS. The minimum atomic E-state index is -0.363. The van der Waals surface area contributed by atoms with E-state index in [2.05, 4.69) is 47.1 Å². The van der Waals surface area contributed by atoms with Crippen molar-refractivity contribution in [3.8, 4) is 0 Å². The van der Waals surface area contributed by atoms with E-state index in [0.717, 1.165) is 32.7 Å². The number of rotatable bonds is 6. The predicted molar refractivity (Wildman–Crippen MR) is 150 cm³/mol. The molecule has 4 nitrogen and oxygen atoms in total. The molecule has 0 radical (unpaired) electrons. The molecule has 0 N–H and O–H groups in total. The summed E-state index contributed by atoms with van der Waals surface area (Å²) in [7, 11) is 0. The van der Waals surface area contributed by atoms with Crippen LogP contribution in [0.4, 0.5) is 0 Å². The Morgan fingerprint density at radius 2 is 1.66 bits per heavy atom. The highest BCUT2D eigenvalue weighted by Gasteiger charge is 2.37. The van der Waals surface area contributed by atoms with E-state index in [9.17, 15) is 4.79 Å². The van der Waals surface area contributed by atoms with Crippen molar-refractivity contribution in [1.82, 2.24) is 4.90 Å². The molecule has 1 fully saturated rings. The third-order valence-corrected chi connectivity index (χ3v) is 7.66. The molecule has 1 aliphatic heterocycles. The van der Waals surface area contributed by atoms with Crippen LogP contribution in [0.15, 0.2) is 95.7 Å². The van der Waals surface area contributed by atoms with Gasteiger partial charge in [-0.3, -0.25) is 9.69 Å². The van der Waals surface area contributed by atoms with Crippen molar-refractivity contribution in [3.05, 3.63) is 107 Å². The lowest BCUT2D eigenvalue weighted by Gasteiger charge is -2.13. The van der Waals surface area contributed by atoms with Gasteiger partial charge in [0.1, 0.15) is 0 Å². The highest BCUT2D eigenvalue weighted by molar-refractivity contribution is 8.15. The van der Waals surface area contributed by atoms with Gasteiger partial charge in [0, 0.05) is 22.2 Å². The summed E-state index contributed by atoms with van der Waals surface area (Å²) in [6, 6.07) is 23.9. The molecule has 1 unspecified atom stereocenters. The van der Waals surface area contributed by atoms with E-state index < -0.39 is 0 Å². The Morgan fingerprint density at radius 3 is 2.34 bits per heavy atom. The van der Waals surface area contributed by atoms with E-state index >= 15 is 0 Å². The van der Waals surface area contributed by atoms with E-state index in [1.165, 1.54) is 11.8 Å². The number of carbonyl (C=O) groups is 1. The van der Waals surface area contributed by atoms with Gasteiger partial charge in [0.25, 0.3) is 0 Å². The van der Waals surface area contributed by atoms with Gasteiger partial charge in [-0.25, -0.2) is 0 Å². The van der Waals surface area contributed by atoms with E-state index in [-0.39, 0.29) is 11.2 Å². The zero-order chi connectivity index (χ0) is 24.4. The van der Waals surface area contributed by atoms with Crippen molar-refractivity contribution < 1.29 is 4.79 Å². The Balaban J connectivity index is 1.48. The van der Waals surface area contributed by atoms with Crippen LogP contribution >= 0.6 is 35.0 Å². The standard InChI is InChI=1S/C28H21Cl2N3OS/c1-2-13-33-27(34)26(16-20-15-21(29)11-12-25(20)30)35-28(33)32-31-17-24-22-9-5-3-7-18(22)14-19-8-4-6-10-23(19)24/h2-12,14-15,17,26H,1,13,16H2. The molecule has 1 heterocycles. The molecule has 0 aromatic heterocycles. The van der Waals surface area contributed by atoms with Gasteiger partial charge < -0.3 is 0 Å². The fourth-order valence-electron chi connectivity index (χ4n) is 4.24. The molecule has 1 amide bonds. The molecule has 0 aliphatic carbocycles. The normalized spacial score (nSPS) is 17.3. The second-order valence-electron chi connectivity index (χ2n) is 8.14. The quantitative estimate of drug-likeness (QED) is 0.116. The second kappa shape index (κ2) is 10.2. The van der Waals surface area contributed by atoms with Gasteiger partial charge in [-0.2, -0.15) is 5.10 Å². The van der Waals surface area contributed by atoms with Gasteiger partial charge in [0.2, 0.25) is 5.91 Å². The zero-order valence-electron chi connectivity index (χ0n) is 18.7. The average molecular weight is 518 g/mol. The molecule has 7 heteroatoms. The van der Waals surface area contributed by atoms with Crippen LogP contribution in [0.25, 0.3) is 21.5 Å². The summed E-state index contributed by atoms with van der Waals surface area (Å²) in [5, 5.41) is 14.7. The minimum absolute atomic E-state index is 0.0458. The summed E-state index contributed by atoms with van der Waals surface area (Å²) in [4.78, 5) is 14.7. The molecule has 1 aliphatic rings. The van der Waals surface area contributed by atoms with Crippen LogP contribution in [0.1, 0.15) is 11.1 Å². The highest BCUT2D eigenvalue weighted by Crippen LogP contribution is 2.33. The molecule has 0 saturated carbocycles. The lowest BCUT2D eigenvalue weighted by atomic mass is 9.97. The van der Waals surface area contributed by atoms with Crippen LogP contribution in [0.3, 0.4) is 0 Å². The van der Waals surface area contributed by atoms with E-state index in [4.69, 9.17) is 23.2 Å². The van der Waals surface area contributed by atoms with E-state index in [1.807, 2.05) is 24.3 Å². The maximum Gasteiger partial charge on any atom is 0.242 e. The SMILES string of the molecule is C=CCN1C(=O)C(Cc2cc(Cl)ccc2Cl)SC1=NN=Cc1c2ccccc2cc2ccccc12. The fourth-order valence-corrected chi connectivity index (χ4v) is 5.76. The molecule has 1 atom stereocenters. The molecule has 4 aromatic carbocycles. The van der Waals surface area contributed by atoms with Crippen molar-refractivity contribution >= 4 is 73.8 Å². The van der Waals surface area contributed by atoms with Crippen molar-refractivity contribution in [1.29, 1.82) is 0 Å². The number of thioether (sulfide) groups is 1. The first kappa shape index (κ1) is 23.6. The smallest absolute Gasteiger partial charge is 0.242 e. The summed E-state index contributed by atoms with van der Waals surface area (Å²) in [6.45, 7) is 4.15. The van der Waals surface area contributed by atoms with Gasteiger partial charge in [-0.1, -0.05) is 89.6 Å². The highest BCUT2D eigenvalue weighted by atomic mass is 35.5. The number of amidine groups is 1. The molecule has 1 saturated heterocycles. The van der Waals surface area contributed by atoms with Crippen LogP contribution in [-0.2, 0) is 11.2 Å². The van der Waals surface area contributed by atoms with Crippen molar-refractivity contribution in [2.75, 3.05) is 6.54 Å². The number of nitrogens with zero attached hydrogens (tertiary/aromatic N) is 3. The van der Waals surface area contributed by atoms with Crippen LogP contribution < -0.4 is 0 Å². The van der Waals surface area contributed by atoms with Crippen molar-refractivity contribution in [3.63, 3.8) is 0 Å². The number of halogens is 2. The van der Waals surface area contributed by atoms with Gasteiger partial charge in [0.15, 0.2) is 5.17 Å². The van der Waals surface area contributed by atoms with Crippen LogP contribution in [0.5, 0.6) is 0 Å². The second-order valence-corrected chi connectivity index (χ2v) is 10.2. The number of fused-ring (bicyclic) bond motifs is 2. The van der Waals surface area contributed by atoms with E-state index in [1.54, 1.807) is 35.4 Å². The van der Waals surface area contributed by atoms with Gasteiger partial charge >= 0.3 is 0 Å². The Labute approximate surface area is 217 Å². The van der Waals surface area contributed by atoms with Gasteiger partial charge in [-0.15, -0.1) is 11.7 Å². The number of hydrogen-bond acceptors (Lipinski definition) is 4.